The number of alkyl halides is 3. The number of benzene rings is 1. The number of pyridine rings is 1. The van der Waals surface area contributed by atoms with Crippen LogP contribution >= 0.6 is 11.6 Å². The molecule has 0 unspecified atom stereocenters. The second-order valence-electron chi connectivity index (χ2n) is 4.15. The fourth-order valence-electron chi connectivity index (χ4n) is 1.69. The summed E-state index contributed by atoms with van der Waals surface area (Å²) < 4.78 is 39.8. The highest BCUT2D eigenvalue weighted by Gasteiger charge is 2.30. The normalized spacial score (nSPS) is 11.2. The largest absolute Gasteiger partial charge is 0.573 e. The third kappa shape index (κ3) is 4.46. The lowest BCUT2D eigenvalue weighted by Gasteiger charge is -2.09. The molecule has 21 heavy (non-hydrogen) atoms. The van der Waals surface area contributed by atoms with Crippen LogP contribution in [0.4, 0.5) is 13.2 Å². The van der Waals surface area contributed by atoms with Crippen LogP contribution in [0.25, 0.3) is 0 Å². The molecule has 3 nitrogen and oxygen atoms in total. The molecule has 0 aliphatic rings. The Balaban J connectivity index is 2.07. The van der Waals surface area contributed by atoms with Crippen molar-refractivity contribution in [3.05, 3.63) is 58.9 Å². The number of halogens is 4. The molecule has 1 aromatic heterocycles. The van der Waals surface area contributed by atoms with E-state index in [2.05, 4.69) is 9.72 Å². The summed E-state index contributed by atoms with van der Waals surface area (Å²) in [4.78, 5) is 15.8. The van der Waals surface area contributed by atoms with Gasteiger partial charge >= 0.3 is 6.36 Å². The van der Waals surface area contributed by atoms with Crippen LogP contribution in [0.5, 0.6) is 5.75 Å². The number of rotatable bonds is 4. The molecular formula is C14H9ClF3NO2. The zero-order valence-corrected chi connectivity index (χ0v) is 11.3. The molecule has 0 atom stereocenters. The molecule has 1 aromatic carbocycles. The van der Waals surface area contributed by atoms with Crippen LogP contribution in [0.3, 0.4) is 0 Å². The van der Waals surface area contributed by atoms with E-state index in [9.17, 15) is 18.0 Å². The van der Waals surface area contributed by atoms with Gasteiger partial charge in [-0.25, -0.2) is 0 Å². The highest BCUT2D eigenvalue weighted by molar-refractivity contribution is 6.33. The second kappa shape index (κ2) is 6.13. The minimum Gasteiger partial charge on any atom is -0.406 e. The molecule has 0 N–H and O–H groups in total. The Kier molecular flexibility index (Phi) is 4.47. The molecule has 0 fully saturated rings. The number of carbonyl (C=O) groups excluding carboxylic acids is 1. The van der Waals surface area contributed by atoms with Crippen molar-refractivity contribution in [2.75, 3.05) is 0 Å². The lowest BCUT2D eigenvalue weighted by molar-refractivity contribution is -0.274. The average molecular weight is 316 g/mol. The van der Waals surface area contributed by atoms with E-state index in [0.717, 1.165) is 12.1 Å². The van der Waals surface area contributed by atoms with Crippen molar-refractivity contribution in [1.82, 2.24) is 4.98 Å². The minimum atomic E-state index is -4.73. The molecule has 0 bridgehead atoms. The van der Waals surface area contributed by atoms with Gasteiger partial charge in [-0.05, 0) is 23.8 Å². The van der Waals surface area contributed by atoms with Crippen LogP contribution in [0.2, 0.25) is 5.02 Å². The summed E-state index contributed by atoms with van der Waals surface area (Å²) in [5.41, 5.74) is 0.879. The van der Waals surface area contributed by atoms with Gasteiger partial charge < -0.3 is 4.74 Å². The van der Waals surface area contributed by atoms with Crippen molar-refractivity contribution in [3.8, 4) is 5.75 Å². The van der Waals surface area contributed by atoms with Crippen LogP contribution in [-0.4, -0.2) is 17.1 Å². The van der Waals surface area contributed by atoms with E-state index in [4.69, 9.17) is 11.6 Å². The Morgan fingerprint density at radius 3 is 2.43 bits per heavy atom. The molecular weight excluding hydrogens is 307 g/mol. The molecule has 0 radical (unpaired) electrons. The van der Waals surface area contributed by atoms with Crippen molar-refractivity contribution in [2.24, 2.45) is 0 Å². The number of ketones is 1. The van der Waals surface area contributed by atoms with Crippen LogP contribution in [-0.2, 0) is 6.42 Å². The lowest BCUT2D eigenvalue weighted by Crippen LogP contribution is -2.17. The van der Waals surface area contributed by atoms with Gasteiger partial charge in [0.25, 0.3) is 0 Å². The molecule has 0 saturated heterocycles. The third-order valence-corrected chi connectivity index (χ3v) is 2.90. The Labute approximate surface area is 123 Å². The Hall–Kier alpha value is -2.08. The second-order valence-corrected chi connectivity index (χ2v) is 4.55. The van der Waals surface area contributed by atoms with Crippen LogP contribution in [0.15, 0.2) is 42.7 Å². The predicted octanol–water partition coefficient (Wildman–Crippen LogP) is 4.06. The molecule has 0 aliphatic heterocycles. The van der Waals surface area contributed by atoms with Gasteiger partial charge in [0.2, 0.25) is 0 Å². The van der Waals surface area contributed by atoms with E-state index in [-0.39, 0.29) is 23.0 Å². The average Bonchev–Trinajstić information content (AvgIpc) is 2.40. The first-order chi connectivity index (χ1) is 9.85. The van der Waals surface area contributed by atoms with Gasteiger partial charge in [-0.15, -0.1) is 13.2 Å². The van der Waals surface area contributed by atoms with Crippen molar-refractivity contribution < 1.29 is 22.7 Å². The zero-order valence-electron chi connectivity index (χ0n) is 10.5. The van der Waals surface area contributed by atoms with E-state index in [1.54, 1.807) is 0 Å². The molecule has 2 aromatic rings. The van der Waals surface area contributed by atoms with Crippen molar-refractivity contribution in [1.29, 1.82) is 0 Å². The summed E-state index contributed by atoms with van der Waals surface area (Å²) in [5.74, 6) is -0.576. The smallest absolute Gasteiger partial charge is 0.406 e. The summed E-state index contributed by atoms with van der Waals surface area (Å²) in [6, 6.07) is 6.60. The SMILES string of the molecule is O=C(Cc1ccc(OC(F)(F)F)cc1)c1ccncc1Cl. The topological polar surface area (TPSA) is 39.2 Å². The van der Waals surface area contributed by atoms with E-state index in [1.165, 1.54) is 30.6 Å². The molecule has 0 aliphatic carbocycles. The molecule has 2 rings (SSSR count). The molecule has 0 saturated carbocycles. The van der Waals surface area contributed by atoms with E-state index < -0.39 is 6.36 Å². The summed E-state index contributed by atoms with van der Waals surface area (Å²) >= 11 is 5.85. The molecule has 0 amide bonds. The van der Waals surface area contributed by atoms with Gasteiger partial charge in [0.15, 0.2) is 5.78 Å². The maximum atomic E-state index is 12.0. The number of carbonyl (C=O) groups is 1. The van der Waals surface area contributed by atoms with Crippen LogP contribution in [0.1, 0.15) is 15.9 Å². The van der Waals surface area contributed by atoms with Gasteiger partial charge in [-0.2, -0.15) is 0 Å². The summed E-state index contributed by atoms with van der Waals surface area (Å²) in [6.45, 7) is 0. The van der Waals surface area contributed by atoms with E-state index in [0.29, 0.717) is 11.1 Å². The monoisotopic (exact) mass is 315 g/mol. The fourth-order valence-corrected chi connectivity index (χ4v) is 1.92. The first-order valence-corrected chi connectivity index (χ1v) is 6.20. The number of nitrogens with zero attached hydrogens (tertiary/aromatic N) is 1. The number of ether oxygens (including phenoxy) is 1. The first kappa shape index (κ1) is 15.3. The Morgan fingerprint density at radius 2 is 1.86 bits per heavy atom. The summed E-state index contributed by atoms with van der Waals surface area (Å²) in [5, 5.41) is 0.236. The minimum absolute atomic E-state index is 0.0238. The predicted molar refractivity (Wildman–Crippen MR) is 70.4 cm³/mol. The first-order valence-electron chi connectivity index (χ1n) is 5.82. The standard InChI is InChI=1S/C14H9ClF3NO2/c15-12-8-19-6-5-11(12)13(20)7-9-1-3-10(4-2-9)21-14(16,17)18/h1-6,8H,7H2. The van der Waals surface area contributed by atoms with Gasteiger partial charge in [0.05, 0.1) is 5.02 Å². The maximum Gasteiger partial charge on any atom is 0.573 e. The van der Waals surface area contributed by atoms with E-state index in [1.807, 2.05) is 0 Å². The Morgan fingerprint density at radius 1 is 1.19 bits per heavy atom. The number of aromatic nitrogens is 1. The van der Waals surface area contributed by atoms with Gasteiger partial charge in [0, 0.05) is 24.4 Å². The summed E-state index contributed by atoms with van der Waals surface area (Å²) in [6.07, 6.45) is -1.91. The fraction of sp³-hybridized carbons (Fsp3) is 0.143. The van der Waals surface area contributed by atoms with Gasteiger partial charge in [-0.3, -0.25) is 9.78 Å². The lowest BCUT2D eigenvalue weighted by atomic mass is 10.0. The third-order valence-electron chi connectivity index (χ3n) is 2.59. The van der Waals surface area contributed by atoms with Crippen molar-refractivity contribution in [2.45, 2.75) is 12.8 Å². The van der Waals surface area contributed by atoms with Crippen molar-refractivity contribution >= 4 is 17.4 Å². The molecule has 110 valence electrons. The zero-order chi connectivity index (χ0) is 15.5. The maximum absolute atomic E-state index is 12.0. The van der Waals surface area contributed by atoms with Gasteiger partial charge in [0.1, 0.15) is 5.75 Å². The highest BCUT2D eigenvalue weighted by atomic mass is 35.5. The Bertz CT molecular complexity index is 641. The van der Waals surface area contributed by atoms with Crippen LogP contribution < -0.4 is 4.74 Å². The quantitative estimate of drug-likeness (QED) is 0.799. The highest BCUT2D eigenvalue weighted by Crippen LogP contribution is 2.23. The van der Waals surface area contributed by atoms with Crippen molar-refractivity contribution in [3.63, 3.8) is 0 Å². The van der Waals surface area contributed by atoms with Crippen LogP contribution in [0, 0.1) is 0 Å². The molecule has 7 heteroatoms. The van der Waals surface area contributed by atoms with E-state index >= 15 is 0 Å². The number of hydrogen-bond acceptors (Lipinski definition) is 3. The number of hydrogen-bond donors (Lipinski definition) is 0. The molecule has 1 heterocycles. The summed E-state index contributed by atoms with van der Waals surface area (Å²) in [7, 11) is 0. The number of Topliss-reactive ketones (excluding diaryl/α,β-unsaturated/α-hetero) is 1. The molecule has 0 spiro atoms. The van der Waals surface area contributed by atoms with Gasteiger partial charge in [-0.1, -0.05) is 23.7 Å².